The fourth-order valence-corrected chi connectivity index (χ4v) is 7.69. The third-order valence-corrected chi connectivity index (χ3v) is 10.4. The molecule has 1 unspecified atom stereocenters. The van der Waals surface area contributed by atoms with Gasteiger partial charge in [0.05, 0.1) is 11.6 Å². The van der Waals surface area contributed by atoms with Crippen molar-refractivity contribution in [3.63, 3.8) is 0 Å². The van der Waals surface area contributed by atoms with Gasteiger partial charge < -0.3 is 15.1 Å². The van der Waals surface area contributed by atoms with Gasteiger partial charge >= 0.3 is 0 Å². The van der Waals surface area contributed by atoms with Crippen LogP contribution in [0.15, 0.2) is 70.8 Å². The maximum atomic E-state index is 16.1. The van der Waals surface area contributed by atoms with Gasteiger partial charge in [0.15, 0.2) is 0 Å². The molecular formula is C39H57F3N4. The highest BCUT2D eigenvalue weighted by molar-refractivity contribution is 5.60. The molecule has 0 spiro atoms. The highest BCUT2D eigenvalue weighted by Gasteiger charge is 2.45. The van der Waals surface area contributed by atoms with Crippen LogP contribution >= 0.6 is 0 Å². The molecule has 1 saturated heterocycles. The second-order valence-electron chi connectivity index (χ2n) is 13.6. The van der Waals surface area contributed by atoms with E-state index in [0.29, 0.717) is 43.6 Å². The van der Waals surface area contributed by atoms with Crippen molar-refractivity contribution < 1.29 is 13.2 Å². The second kappa shape index (κ2) is 16.3. The summed E-state index contributed by atoms with van der Waals surface area (Å²) in [6, 6.07) is 4.20. The molecule has 4 nitrogen and oxygen atoms in total. The molecule has 0 aliphatic carbocycles. The van der Waals surface area contributed by atoms with Gasteiger partial charge in [-0.25, -0.2) is 18.2 Å². The number of piperidine rings is 1. The Labute approximate surface area is 276 Å². The molecule has 0 radical (unpaired) electrons. The molecule has 0 aromatic heterocycles. The predicted octanol–water partition coefficient (Wildman–Crippen LogP) is 10.4. The average Bonchev–Trinajstić information content (AvgIpc) is 3.03. The van der Waals surface area contributed by atoms with E-state index in [2.05, 4.69) is 55.1 Å². The number of nitrogens with one attached hydrogen (secondary N) is 1. The molecular weight excluding hydrogens is 581 g/mol. The molecule has 46 heavy (non-hydrogen) atoms. The molecule has 0 saturated carbocycles. The van der Waals surface area contributed by atoms with Crippen LogP contribution in [0.25, 0.3) is 0 Å². The van der Waals surface area contributed by atoms with Crippen LogP contribution in [-0.2, 0) is 5.92 Å². The first-order valence-corrected chi connectivity index (χ1v) is 17.8. The Morgan fingerprint density at radius 3 is 2.33 bits per heavy atom. The number of benzene rings is 1. The lowest BCUT2D eigenvalue weighted by Gasteiger charge is -2.39. The largest absolute Gasteiger partial charge is 0.378 e. The highest BCUT2D eigenvalue weighted by Crippen LogP contribution is 2.44. The number of alkyl halides is 2. The summed E-state index contributed by atoms with van der Waals surface area (Å²) in [7, 11) is 0. The Bertz CT molecular complexity index is 1300. The normalized spacial score (nSPS) is 26.7. The van der Waals surface area contributed by atoms with Gasteiger partial charge in [0.25, 0.3) is 5.92 Å². The van der Waals surface area contributed by atoms with Gasteiger partial charge in [0.1, 0.15) is 11.6 Å². The van der Waals surface area contributed by atoms with E-state index in [4.69, 9.17) is 4.99 Å². The third kappa shape index (κ3) is 8.00. The number of hydrogen-bond acceptors (Lipinski definition) is 4. The summed E-state index contributed by atoms with van der Waals surface area (Å²) in [5.41, 5.74) is 3.35. The summed E-state index contributed by atoms with van der Waals surface area (Å²) < 4.78 is 48.1. The van der Waals surface area contributed by atoms with Crippen molar-refractivity contribution in [3.05, 3.63) is 82.7 Å². The quantitative estimate of drug-likeness (QED) is 0.315. The van der Waals surface area contributed by atoms with Crippen LogP contribution < -0.4 is 5.32 Å². The van der Waals surface area contributed by atoms with E-state index in [0.717, 1.165) is 81.4 Å². The molecule has 5 rings (SSSR count). The van der Waals surface area contributed by atoms with Crippen LogP contribution in [0.2, 0.25) is 0 Å². The summed E-state index contributed by atoms with van der Waals surface area (Å²) in [5, 5.41) is 3.39. The van der Waals surface area contributed by atoms with Crippen molar-refractivity contribution in [3.8, 4) is 0 Å². The van der Waals surface area contributed by atoms with Crippen LogP contribution in [0.1, 0.15) is 122 Å². The van der Waals surface area contributed by atoms with E-state index in [9.17, 15) is 0 Å². The van der Waals surface area contributed by atoms with Gasteiger partial charge in [-0.1, -0.05) is 77.3 Å². The Kier molecular flexibility index (Phi) is 12.8. The number of halogens is 3. The zero-order valence-electron chi connectivity index (χ0n) is 29.0. The smallest absolute Gasteiger partial charge is 0.278 e. The van der Waals surface area contributed by atoms with Crippen LogP contribution in [0.4, 0.5) is 13.2 Å². The highest BCUT2D eigenvalue weighted by atomic mass is 19.3. The zero-order valence-corrected chi connectivity index (χ0v) is 29.0. The van der Waals surface area contributed by atoms with E-state index in [1.54, 1.807) is 18.3 Å². The molecule has 7 heteroatoms. The topological polar surface area (TPSA) is 30.9 Å². The lowest BCUT2D eigenvalue weighted by molar-refractivity contribution is -0.0907. The molecule has 254 valence electrons. The SMILES string of the molecule is C=C1N[C@H](C)c2cccc(c2F)C(F)(F)C2CCN(CC2)C(C)CCCCCCN2C(=C)C(C(CCC)CCC)=CC1=C2/N=C\C. The molecule has 4 aliphatic rings. The van der Waals surface area contributed by atoms with Crippen molar-refractivity contribution >= 4 is 6.21 Å². The molecule has 0 amide bonds. The minimum Gasteiger partial charge on any atom is -0.378 e. The van der Waals surface area contributed by atoms with Crippen LogP contribution in [-0.4, -0.2) is 41.7 Å². The Morgan fingerprint density at radius 2 is 1.67 bits per heavy atom. The Hall–Kier alpha value is -2.80. The molecule has 2 atom stereocenters. The van der Waals surface area contributed by atoms with Crippen molar-refractivity contribution in [2.75, 3.05) is 19.6 Å². The molecule has 4 heterocycles. The number of aliphatic imine (C=N–C) groups is 1. The maximum absolute atomic E-state index is 16.1. The first kappa shape index (κ1) is 36.0. The Balaban J connectivity index is 1.76. The van der Waals surface area contributed by atoms with Crippen molar-refractivity contribution in [1.82, 2.24) is 15.1 Å². The van der Waals surface area contributed by atoms with Crippen molar-refractivity contribution in [1.29, 1.82) is 0 Å². The fourth-order valence-electron chi connectivity index (χ4n) is 7.69. The number of rotatable bonds is 6. The zero-order chi connectivity index (χ0) is 33.4. The van der Waals surface area contributed by atoms with Gasteiger partial charge in [0, 0.05) is 47.2 Å². The van der Waals surface area contributed by atoms with E-state index in [1.807, 2.05) is 13.8 Å². The number of fused-ring (bicyclic) bond motifs is 10. The van der Waals surface area contributed by atoms with Gasteiger partial charge in [0.2, 0.25) is 0 Å². The van der Waals surface area contributed by atoms with Gasteiger partial charge in [-0.15, -0.1) is 0 Å². The van der Waals surface area contributed by atoms with Crippen LogP contribution in [0.3, 0.4) is 0 Å². The molecule has 1 fully saturated rings. The molecule has 4 aliphatic heterocycles. The predicted molar refractivity (Wildman–Crippen MR) is 186 cm³/mol. The summed E-state index contributed by atoms with van der Waals surface area (Å²) in [6.45, 7) is 21.4. The van der Waals surface area contributed by atoms with E-state index in [1.165, 1.54) is 11.6 Å². The minimum absolute atomic E-state index is 0.215. The van der Waals surface area contributed by atoms with E-state index < -0.39 is 29.3 Å². The van der Waals surface area contributed by atoms with Gasteiger partial charge in [-0.2, -0.15) is 0 Å². The third-order valence-electron chi connectivity index (χ3n) is 10.4. The lowest BCUT2D eigenvalue weighted by atomic mass is 9.84. The number of nitrogens with zero attached hydrogens (tertiary/aromatic N) is 3. The summed E-state index contributed by atoms with van der Waals surface area (Å²) in [5.74, 6) is -3.82. The van der Waals surface area contributed by atoms with Crippen molar-refractivity contribution in [2.45, 2.75) is 123 Å². The molecule has 1 N–H and O–H groups in total. The van der Waals surface area contributed by atoms with Crippen LogP contribution in [0.5, 0.6) is 0 Å². The number of allylic oxidation sites excluding steroid dienone is 2. The average molecular weight is 639 g/mol. The monoisotopic (exact) mass is 638 g/mol. The molecule has 6 bridgehead atoms. The van der Waals surface area contributed by atoms with Crippen molar-refractivity contribution in [2.24, 2.45) is 16.8 Å². The number of hydrogen-bond donors (Lipinski definition) is 1. The first-order valence-electron chi connectivity index (χ1n) is 17.8. The summed E-state index contributed by atoms with van der Waals surface area (Å²) in [4.78, 5) is 9.42. The van der Waals surface area contributed by atoms with Gasteiger partial charge in [-0.3, -0.25) is 0 Å². The first-order chi connectivity index (χ1) is 22.0. The minimum atomic E-state index is -3.24. The maximum Gasteiger partial charge on any atom is 0.278 e. The molecule has 1 aromatic carbocycles. The van der Waals surface area contributed by atoms with Crippen LogP contribution in [0, 0.1) is 17.7 Å². The fraction of sp³-hybridized carbons (Fsp3) is 0.615. The summed E-state index contributed by atoms with van der Waals surface area (Å²) >= 11 is 0. The van der Waals surface area contributed by atoms with E-state index in [-0.39, 0.29) is 5.56 Å². The standard InChI is InChI=1S/C39H57F3N4/c1-8-16-31(17-9-2)35-26-34-29(6)44-28(5)33-19-15-20-36(37(33)40)39(41,42)32-21-24-45(25-22-32)27(4)18-13-11-12-14-23-46(30(35)7)38(34)43-10-3/h10,15,19-20,26-28,31-32,44H,6-9,11-14,16-18,21-25H2,1-5H3/b43-10-/t27?,28-/m1/s1. The molecule has 1 aromatic rings. The summed E-state index contributed by atoms with van der Waals surface area (Å²) in [6.07, 6.45) is 14.3. The van der Waals surface area contributed by atoms with E-state index >= 15 is 13.2 Å². The van der Waals surface area contributed by atoms with Gasteiger partial charge in [-0.05, 0) is 90.0 Å². The Morgan fingerprint density at radius 1 is 1.00 bits per heavy atom. The second-order valence-corrected chi connectivity index (χ2v) is 13.6. The lowest BCUT2D eigenvalue weighted by Crippen LogP contribution is -2.43.